The second-order valence-corrected chi connectivity index (χ2v) is 17.6. The Morgan fingerprint density at radius 1 is 0.517 bits per heavy atom. The second-order valence-electron chi connectivity index (χ2n) is 16.1. The van der Waals surface area contributed by atoms with Crippen molar-refractivity contribution in [3.63, 3.8) is 0 Å². The third-order valence-corrected chi connectivity index (χ3v) is 11.1. The maximum Gasteiger partial charge on any atom is 0.472 e. The van der Waals surface area contributed by atoms with Crippen molar-refractivity contribution in [1.29, 1.82) is 0 Å². The SMILES string of the molecule is CCCCC/C=C\C/C=C\CCCCCCCCOCC(COP(=O)(O)OCC(O)CO)OC(=O)CCCCCCCCCC/C=C\C/C=C\C/C=C\CCCCCCC. The van der Waals surface area contributed by atoms with Crippen LogP contribution in [0.2, 0.25) is 0 Å². The fraction of sp³-hybridized carbons (Fsp3) is 0.780. The molecule has 0 saturated heterocycles. The highest BCUT2D eigenvalue weighted by Crippen LogP contribution is 2.43. The van der Waals surface area contributed by atoms with Gasteiger partial charge in [-0.3, -0.25) is 13.8 Å². The largest absolute Gasteiger partial charge is 0.472 e. The van der Waals surface area contributed by atoms with Gasteiger partial charge in [0.1, 0.15) is 12.2 Å². The molecule has 350 valence electrons. The van der Waals surface area contributed by atoms with Gasteiger partial charge in [0.15, 0.2) is 0 Å². The van der Waals surface area contributed by atoms with Crippen molar-refractivity contribution in [2.45, 2.75) is 219 Å². The molecule has 0 aliphatic rings. The fourth-order valence-electron chi connectivity index (χ4n) is 6.45. The van der Waals surface area contributed by atoms with Crippen LogP contribution in [0.15, 0.2) is 60.8 Å². The summed E-state index contributed by atoms with van der Waals surface area (Å²) in [6, 6.07) is 0. The van der Waals surface area contributed by atoms with E-state index in [0.29, 0.717) is 6.61 Å². The highest BCUT2D eigenvalue weighted by molar-refractivity contribution is 7.47. The number of unbranched alkanes of at least 4 members (excludes halogenated alkanes) is 22. The molecule has 0 aliphatic carbocycles. The second kappa shape index (κ2) is 46.7. The number of phosphoric ester groups is 1. The number of aliphatic hydroxyl groups is 2. The van der Waals surface area contributed by atoms with Gasteiger partial charge in [0.2, 0.25) is 0 Å². The number of aliphatic hydroxyl groups excluding tert-OH is 2. The summed E-state index contributed by atoms with van der Waals surface area (Å²) in [6.45, 7) is 3.45. The van der Waals surface area contributed by atoms with Crippen LogP contribution < -0.4 is 0 Å². The minimum atomic E-state index is -4.53. The van der Waals surface area contributed by atoms with Gasteiger partial charge in [-0.15, -0.1) is 0 Å². The molecular weight excluding hydrogens is 776 g/mol. The van der Waals surface area contributed by atoms with Crippen molar-refractivity contribution in [2.75, 3.05) is 33.0 Å². The average molecular weight is 867 g/mol. The van der Waals surface area contributed by atoms with E-state index in [1.807, 2.05) is 0 Å². The first-order chi connectivity index (χ1) is 29.3. The van der Waals surface area contributed by atoms with Crippen LogP contribution in [0.4, 0.5) is 0 Å². The summed E-state index contributed by atoms with van der Waals surface area (Å²) in [7, 11) is -4.53. The average Bonchev–Trinajstić information content (AvgIpc) is 3.24. The summed E-state index contributed by atoms with van der Waals surface area (Å²) in [5, 5.41) is 18.4. The molecule has 0 aliphatic heterocycles. The summed E-state index contributed by atoms with van der Waals surface area (Å²) in [6.07, 6.45) is 54.6. The zero-order valence-corrected chi connectivity index (χ0v) is 39.3. The Bertz CT molecular complexity index is 1120. The van der Waals surface area contributed by atoms with Crippen molar-refractivity contribution in [3.8, 4) is 0 Å². The number of carbonyl (C=O) groups excluding carboxylic acids is 1. The number of hydrogen-bond donors (Lipinski definition) is 3. The lowest BCUT2D eigenvalue weighted by Gasteiger charge is -2.20. The molecule has 3 unspecified atom stereocenters. The van der Waals surface area contributed by atoms with Crippen molar-refractivity contribution in [2.24, 2.45) is 0 Å². The topological polar surface area (TPSA) is 132 Å². The first-order valence-corrected chi connectivity index (χ1v) is 25.8. The van der Waals surface area contributed by atoms with Crippen LogP contribution in [-0.4, -0.2) is 66.3 Å². The van der Waals surface area contributed by atoms with Crippen LogP contribution in [0.3, 0.4) is 0 Å². The van der Waals surface area contributed by atoms with E-state index in [1.165, 1.54) is 109 Å². The van der Waals surface area contributed by atoms with E-state index in [-0.39, 0.29) is 19.6 Å². The van der Waals surface area contributed by atoms with Crippen LogP contribution in [-0.2, 0) is 27.9 Å². The standard InChI is InChI=1S/C50H91O9P/c1-3-5-7-9-11-13-15-17-19-21-22-23-24-25-26-27-28-30-32-34-36-38-40-42-50(53)59-49(47-58-60(54,55)57-45-48(52)44-51)46-56-43-41-39-37-35-33-31-29-20-18-16-14-12-10-8-6-4-2/h12,14-15,17-18,20-22,24-25,48-49,51-52H,3-11,13,16,19,23,26-47H2,1-2H3,(H,54,55)/b14-12-,17-15-,20-18-,22-21-,25-24-. The first-order valence-electron chi connectivity index (χ1n) is 24.3. The molecule has 3 N–H and O–H groups in total. The lowest BCUT2D eigenvalue weighted by molar-refractivity contribution is -0.154. The zero-order valence-electron chi connectivity index (χ0n) is 38.4. The summed E-state index contributed by atoms with van der Waals surface area (Å²) in [4.78, 5) is 22.7. The Hall–Kier alpha value is -1.84. The van der Waals surface area contributed by atoms with E-state index in [2.05, 4.69) is 74.6 Å². The van der Waals surface area contributed by atoms with Crippen LogP contribution >= 0.6 is 7.82 Å². The van der Waals surface area contributed by atoms with Gasteiger partial charge in [-0.2, -0.15) is 0 Å². The van der Waals surface area contributed by atoms with Crippen molar-refractivity contribution in [1.82, 2.24) is 0 Å². The lowest BCUT2D eigenvalue weighted by Crippen LogP contribution is -2.29. The molecule has 9 nitrogen and oxygen atoms in total. The van der Waals surface area contributed by atoms with Crippen molar-refractivity contribution in [3.05, 3.63) is 60.8 Å². The van der Waals surface area contributed by atoms with Crippen molar-refractivity contribution >= 4 is 13.8 Å². The Kier molecular flexibility index (Phi) is 45.2. The number of hydrogen-bond acceptors (Lipinski definition) is 8. The first kappa shape index (κ1) is 58.2. The molecule has 0 bridgehead atoms. The van der Waals surface area contributed by atoms with Crippen LogP contribution in [0.5, 0.6) is 0 Å². The molecule has 10 heteroatoms. The Morgan fingerprint density at radius 2 is 0.900 bits per heavy atom. The van der Waals surface area contributed by atoms with Gasteiger partial charge in [-0.1, -0.05) is 177 Å². The molecule has 0 saturated carbocycles. The zero-order chi connectivity index (χ0) is 43.9. The molecule has 0 heterocycles. The fourth-order valence-corrected chi connectivity index (χ4v) is 7.24. The van der Waals surface area contributed by atoms with Crippen molar-refractivity contribution < 1.29 is 43.0 Å². The van der Waals surface area contributed by atoms with Gasteiger partial charge < -0.3 is 24.6 Å². The van der Waals surface area contributed by atoms with E-state index in [4.69, 9.17) is 23.6 Å². The van der Waals surface area contributed by atoms with Gasteiger partial charge in [-0.05, 0) is 83.5 Å². The van der Waals surface area contributed by atoms with Crippen LogP contribution in [0.1, 0.15) is 206 Å². The molecule has 3 atom stereocenters. The van der Waals surface area contributed by atoms with E-state index < -0.39 is 39.2 Å². The summed E-state index contributed by atoms with van der Waals surface area (Å²) in [5.41, 5.74) is 0. The third-order valence-electron chi connectivity index (χ3n) is 10.2. The molecule has 0 radical (unpaired) electrons. The Labute approximate surface area is 368 Å². The minimum Gasteiger partial charge on any atom is -0.457 e. The van der Waals surface area contributed by atoms with E-state index in [1.54, 1.807) is 0 Å². The smallest absolute Gasteiger partial charge is 0.457 e. The van der Waals surface area contributed by atoms with Gasteiger partial charge in [0.05, 0.1) is 26.4 Å². The molecule has 0 amide bonds. The highest BCUT2D eigenvalue weighted by atomic mass is 31.2. The highest BCUT2D eigenvalue weighted by Gasteiger charge is 2.26. The quantitative estimate of drug-likeness (QED) is 0.0237. The van der Waals surface area contributed by atoms with Gasteiger partial charge >= 0.3 is 13.8 Å². The maximum absolute atomic E-state index is 12.7. The molecule has 0 rings (SSSR count). The number of rotatable bonds is 46. The molecule has 0 aromatic carbocycles. The maximum atomic E-state index is 12.7. The van der Waals surface area contributed by atoms with E-state index in [0.717, 1.165) is 77.0 Å². The molecule has 0 fully saturated rings. The van der Waals surface area contributed by atoms with Crippen LogP contribution in [0, 0.1) is 0 Å². The predicted octanol–water partition coefficient (Wildman–Crippen LogP) is 13.9. The summed E-state index contributed by atoms with van der Waals surface area (Å²) < 4.78 is 33.4. The number of carbonyl (C=O) groups is 1. The monoisotopic (exact) mass is 867 g/mol. The number of phosphoric acid groups is 1. The number of esters is 1. The predicted molar refractivity (Wildman–Crippen MR) is 251 cm³/mol. The molecule has 0 spiro atoms. The van der Waals surface area contributed by atoms with Crippen LogP contribution in [0.25, 0.3) is 0 Å². The molecule has 0 aromatic rings. The number of ether oxygens (including phenoxy) is 2. The van der Waals surface area contributed by atoms with E-state index in [9.17, 15) is 19.4 Å². The van der Waals surface area contributed by atoms with E-state index >= 15 is 0 Å². The molecule has 60 heavy (non-hydrogen) atoms. The summed E-state index contributed by atoms with van der Waals surface area (Å²) in [5.74, 6) is -0.394. The van der Waals surface area contributed by atoms with Gasteiger partial charge in [0.25, 0.3) is 0 Å². The normalized spacial score (nSPS) is 14.4. The molecule has 0 aromatic heterocycles. The Balaban J connectivity index is 4.14. The van der Waals surface area contributed by atoms with Gasteiger partial charge in [-0.25, -0.2) is 4.57 Å². The third kappa shape index (κ3) is 45.7. The minimum absolute atomic E-state index is 0.0370. The van der Waals surface area contributed by atoms with Gasteiger partial charge in [0, 0.05) is 13.0 Å². The Morgan fingerprint density at radius 3 is 1.38 bits per heavy atom. The molecular formula is C50H91O9P. The summed E-state index contributed by atoms with van der Waals surface area (Å²) >= 11 is 0. The lowest BCUT2D eigenvalue weighted by atomic mass is 10.1. The number of allylic oxidation sites excluding steroid dienone is 10.